The largest absolute Gasteiger partial charge is 0.392 e. The van der Waals surface area contributed by atoms with Gasteiger partial charge in [0.2, 0.25) is 0 Å². The van der Waals surface area contributed by atoms with Gasteiger partial charge >= 0.3 is 0 Å². The van der Waals surface area contributed by atoms with Crippen LogP contribution in [-0.4, -0.2) is 15.1 Å². The standard InChI is InChI=1S/C14H16N2OS/c1-9-10(2)15-14(16-11(9)3)18-13-6-4-12(8-17)5-7-13/h4-7,17H,8H2,1-3H3. The summed E-state index contributed by atoms with van der Waals surface area (Å²) in [6.07, 6.45) is 0. The third kappa shape index (κ3) is 2.89. The molecule has 1 N–H and O–H groups in total. The number of aryl methyl sites for hydroxylation is 2. The summed E-state index contributed by atoms with van der Waals surface area (Å²) in [6, 6.07) is 7.78. The molecule has 0 radical (unpaired) electrons. The normalized spacial score (nSPS) is 10.7. The van der Waals surface area contributed by atoms with Gasteiger partial charge in [-0.25, -0.2) is 9.97 Å². The van der Waals surface area contributed by atoms with Crippen LogP contribution >= 0.6 is 11.8 Å². The lowest BCUT2D eigenvalue weighted by Crippen LogP contribution is -1.97. The van der Waals surface area contributed by atoms with Crippen molar-refractivity contribution in [3.05, 3.63) is 46.8 Å². The highest BCUT2D eigenvalue weighted by Gasteiger charge is 2.06. The van der Waals surface area contributed by atoms with E-state index in [-0.39, 0.29) is 6.61 Å². The minimum atomic E-state index is 0.0736. The number of nitrogens with zero attached hydrogens (tertiary/aromatic N) is 2. The first-order chi connectivity index (χ1) is 8.60. The number of benzene rings is 1. The van der Waals surface area contributed by atoms with Gasteiger partial charge in [-0.05, 0) is 55.8 Å². The van der Waals surface area contributed by atoms with Crippen molar-refractivity contribution in [1.29, 1.82) is 0 Å². The molecular formula is C14H16N2OS. The summed E-state index contributed by atoms with van der Waals surface area (Å²) in [4.78, 5) is 10.0. The van der Waals surface area contributed by atoms with E-state index >= 15 is 0 Å². The van der Waals surface area contributed by atoms with Crippen molar-refractivity contribution in [3.8, 4) is 0 Å². The van der Waals surface area contributed by atoms with Crippen molar-refractivity contribution in [1.82, 2.24) is 9.97 Å². The molecule has 2 rings (SSSR count). The molecule has 0 aliphatic heterocycles. The summed E-state index contributed by atoms with van der Waals surface area (Å²) in [5.74, 6) is 0. The molecule has 0 bridgehead atoms. The van der Waals surface area contributed by atoms with Gasteiger partial charge in [0, 0.05) is 16.3 Å². The number of aliphatic hydroxyl groups excluding tert-OH is 1. The van der Waals surface area contributed by atoms with E-state index in [0.717, 1.165) is 32.6 Å². The summed E-state index contributed by atoms with van der Waals surface area (Å²) in [6.45, 7) is 6.12. The van der Waals surface area contributed by atoms with Gasteiger partial charge in [0.1, 0.15) is 0 Å². The Kier molecular flexibility index (Phi) is 3.99. The van der Waals surface area contributed by atoms with E-state index in [1.807, 2.05) is 45.0 Å². The van der Waals surface area contributed by atoms with Crippen LogP contribution in [0.15, 0.2) is 34.3 Å². The SMILES string of the molecule is Cc1nc(Sc2ccc(CO)cc2)nc(C)c1C. The fourth-order valence-electron chi connectivity index (χ4n) is 1.56. The zero-order valence-electron chi connectivity index (χ0n) is 10.8. The molecule has 0 amide bonds. The van der Waals surface area contributed by atoms with Crippen molar-refractivity contribution in [3.63, 3.8) is 0 Å². The molecule has 0 saturated carbocycles. The van der Waals surface area contributed by atoms with E-state index in [1.165, 1.54) is 11.8 Å². The number of hydrogen-bond acceptors (Lipinski definition) is 4. The van der Waals surface area contributed by atoms with Crippen LogP contribution < -0.4 is 0 Å². The summed E-state index contributed by atoms with van der Waals surface area (Å²) in [7, 11) is 0. The Morgan fingerprint density at radius 3 is 2.06 bits per heavy atom. The minimum Gasteiger partial charge on any atom is -0.392 e. The molecule has 3 nitrogen and oxygen atoms in total. The lowest BCUT2D eigenvalue weighted by Gasteiger charge is -2.07. The van der Waals surface area contributed by atoms with Crippen molar-refractivity contribution >= 4 is 11.8 Å². The molecule has 0 spiro atoms. The monoisotopic (exact) mass is 260 g/mol. The topological polar surface area (TPSA) is 46.0 Å². The van der Waals surface area contributed by atoms with Crippen LogP contribution in [-0.2, 0) is 6.61 Å². The highest BCUT2D eigenvalue weighted by molar-refractivity contribution is 7.99. The molecular weight excluding hydrogens is 244 g/mol. The Bertz CT molecular complexity index is 529. The average molecular weight is 260 g/mol. The number of aromatic nitrogens is 2. The second kappa shape index (κ2) is 5.50. The number of hydrogen-bond donors (Lipinski definition) is 1. The van der Waals surface area contributed by atoms with Crippen LogP contribution in [0, 0.1) is 20.8 Å². The van der Waals surface area contributed by atoms with E-state index in [1.54, 1.807) is 0 Å². The summed E-state index contributed by atoms with van der Waals surface area (Å²) in [5, 5.41) is 9.76. The minimum absolute atomic E-state index is 0.0736. The van der Waals surface area contributed by atoms with Crippen LogP contribution in [0.3, 0.4) is 0 Å². The van der Waals surface area contributed by atoms with Gasteiger partial charge in [-0.2, -0.15) is 0 Å². The molecule has 0 saturated heterocycles. The maximum atomic E-state index is 8.99. The second-order valence-electron chi connectivity index (χ2n) is 4.21. The van der Waals surface area contributed by atoms with Crippen molar-refractivity contribution in [2.75, 3.05) is 0 Å². The molecule has 18 heavy (non-hydrogen) atoms. The molecule has 2 aromatic rings. The van der Waals surface area contributed by atoms with Gasteiger partial charge in [0.05, 0.1) is 6.61 Å². The van der Waals surface area contributed by atoms with Crippen LogP contribution in [0.4, 0.5) is 0 Å². The fourth-order valence-corrected chi connectivity index (χ4v) is 2.40. The maximum absolute atomic E-state index is 8.99. The molecule has 0 fully saturated rings. The predicted molar refractivity (Wildman–Crippen MR) is 72.7 cm³/mol. The molecule has 0 aliphatic carbocycles. The molecule has 4 heteroatoms. The lowest BCUT2D eigenvalue weighted by atomic mass is 10.2. The van der Waals surface area contributed by atoms with E-state index < -0.39 is 0 Å². The van der Waals surface area contributed by atoms with E-state index in [0.29, 0.717) is 0 Å². The van der Waals surface area contributed by atoms with E-state index in [9.17, 15) is 0 Å². The zero-order chi connectivity index (χ0) is 13.1. The summed E-state index contributed by atoms with van der Waals surface area (Å²) in [5.41, 5.74) is 4.11. The molecule has 0 atom stereocenters. The van der Waals surface area contributed by atoms with Gasteiger partial charge in [-0.15, -0.1) is 0 Å². The Labute approximate surface area is 111 Å². The summed E-state index contributed by atoms with van der Waals surface area (Å²) < 4.78 is 0. The van der Waals surface area contributed by atoms with Crippen molar-refractivity contribution in [2.24, 2.45) is 0 Å². The molecule has 1 aromatic heterocycles. The molecule has 1 heterocycles. The van der Waals surface area contributed by atoms with Gasteiger partial charge < -0.3 is 5.11 Å². The second-order valence-corrected chi connectivity index (χ2v) is 5.25. The van der Waals surface area contributed by atoms with Crippen LogP contribution in [0.1, 0.15) is 22.5 Å². The third-order valence-electron chi connectivity index (χ3n) is 2.93. The first-order valence-corrected chi connectivity index (χ1v) is 6.61. The Morgan fingerprint density at radius 2 is 1.56 bits per heavy atom. The van der Waals surface area contributed by atoms with Gasteiger partial charge in [-0.3, -0.25) is 0 Å². The Hall–Kier alpha value is -1.39. The Balaban J connectivity index is 2.23. The van der Waals surface area contributed by atoms with Crippen molar-refractivity contribution in [2.45, 2.75) is 37.4 Å². The first-order valence-electron chi connectivity index (χ1n) is 5.79. The molecule has 0 unspecified atom stereocenters. The number of aliphatic hydroxyl groups is 1. The van der Waals surface area contributed by atoms with Gasteiger partial charge in [-0.1, -0.05) is 12.1 Å². The predicted octanol–water partition coefficient (Wildman–Crippen LogP) is 3.05. The Morgan fingerprint density at radius 1 is 1.00 bits per heavy atom. The van der Waals surface area contributed by atoms with Gasteiger partial charge in [0.15, 0.2) is 5.16 Å². The molecule has 1 aromatic carbocycles. The van der Waals surface area contributed by atoms with E-state index in [2.05, 4.69) is 9.97 Å². The zero-order valence-corrected chi connectivity index (χ0v) is 11.6. The van der Waals surface area contributed by atoms with E-state index in [4.69, 9.17) is 5.11 Å². The molecule has 0 aliphatic rings. The molecule has 94 valence electrons. The smallest absolute Gasteiger partial charge is 0.192 e. The highest BCUT2D eigenvalue weighted by atomic mass is 32.2. The average Bonchev–Trinajstić information content (AvgIpc) is 2.37. The van der Waals surface area contributed by atoms with Crippen LogP contribution in [0.2, 0.25) is 0 Å². The van der Waals surface area contributed by atoms with Crippen LogP contribution in [0.5, 0.6) is 0 Å². The third-order valence-corrected chi connectivity index (χ3v) is 3.80. The number of rotatable bonds is 3. The fraction of sp³-hybridized carbons (Fsp3) is 0.286. The van der Waals surface area contributed by atoms with Crippen LogP contribution in [0.25, 0.3) is 0 Å². The lowest BCUT2D eigenvalue weighted by molar-refractivity contribution is 0.282. The first kappa shape index (κ1) is 13.1. The van der Waals surface area contributed by atoms with Gasteiger partial charge in [0.25, 0.3) is 0 Å². The highest BCUT2D eigenvalue weighted by Crippen LogP contribution is 2.26. The van der Waals surface area contributed by atoms with Crippen molar-refractivity contribution < 1.29 is 5.11 Å². The maximum Gasteiger partial charge on any atom is 0.192 e. The summed E-state index contributed by atoms with van der Waals surface area (Å²) >= 11 is 1.54. The quantitative estimate of drug-likeness (QED) is 0.862.